The van der Waals surface area contributed by atoms with Gasteiger partial charge in [0.25, 0.3) is 0 Å². The van der Waals surface area contributed by atoms with E-state index >= 15 is 0 Å². The largest absolute Gasteiger partial charge is 0.379 e. The van der Waals surface area contributed by atoms with Crippen LogP contribution in [0.1, 0.15) is 90.2 Å². The van der Waals surface area contributed by atoms with Gasteiger partial charge in [0, 0.05) is 112 Å². The molecule has 1 aromatic heterocycles. The monoisotopic (exact) mass is 1180 g/mol. The number of hydrogen-bond acceptors (Lipinski definition) is 11. The SMILES string of the molecule is CN(CC(=O)NCCCOCCOCCOCCCNC(=O)CN(C)C(=O)CCC(=O)Nc1nc(-c2ccccc2)cc(-c2ccccc2)n1)C(=O)CCCCCN1/C(=C/C=C/C=C/C=C/C2=[N+](C)c3ccccc3C2(C)C)C(C)(C)c2ccccc21. The average Bonchev–Trinajstić information content (AvgIpc) is 1.67. The van der Waals surface area contributed by atoms with E-state index in [2.05, 4.69) is 161 Å². The predicted molar refractivity (Wildman–Crippen MR) is 345 cm³/mol. The summed E-state index contributed by atoms with van der Waals surface area (Å²) < 4.78 is 19.1. The Balaban J connectivity index is 0.666. The Labute approximate surface area is 514 Å². The number of ether oxygens (including phenoxy) is 3. The van der Waals surface area contributed by atoms with Crippen molar-refractivity contribution in [1.29, 1.82) is 0 Å². The van der Waals surface area contributed by atoms with Crippen molar-refractivity contribution in [2.24, 2.45) is 0 Å². The summed E-state index contributed by atoms with van der Waals surface area (Å²) in [4.78, 5) is 78.2. The summed E-state index contributed by atoms with van der Waals surface area (Å²) in [5.41, 5.74) is 10.5. The second-order valence-electron chi connectivity index (χ2n) is 22.9. The fourth-order valence-electron chi connectivity index (χ4n) is 10.8. The third-order valence-electron chi connectivity index (χ3n) is 15.6. The second-order valence-corrected chi connectivity index (χ2v) is 22.9. The molecule has 0 bridgehead atoms. The van der Waals surface area contributed by atoms with Crippen molar-refractivity contribution in [2.45, 2.75) is 89.9 Å². The Morgan fingerprint density at radius 2 is 1.07 bits per heavy atom. The first-order valence-corrected chi connectivity index (χ1v) is 30.4. The number of carbonyl (C=O) groups is 5. The lowest BCUT2D eigenvalue weighted by atomic mass is 9.81. The van der Waals surface area contributed by atoms with E-state index in [-0.39, 0.29) is 66.3 Å². The topological polar surface area (TPSA) is 188 Å². The summed E-state index contributed by atoms with van der Waals surface area (Å²) in [6.45, 7) is 13.1. The number of amides is 5. The van der Waals surface area contributed by atoms with E-state index in [0.717, 1.165) is 36.9 Å². The number of aromatic nitrogens is 2. The highest BCUT2D eigenvalue weighted by molar-refractivity contribution is 6.03. The summed E-state index contributed by atoms with van der Waals surface area (Å²) in [6.07, 6.45) is 18.9. The number of fused-ring (bicyclic) bond motifs is 2. The van der Waals surface area contributed by atoms with E-state index in [0.29, 0.717) is 83.4 Å². The zero-order chi connectivity index (χ0) is 62.0. The van der Waals surface area contributed by atoms with Crippen LogP contribution in [0.3, 0.4) is 0 Å². The molecule has 4 aromatic carbocycles. The average molecular weight is 1180 g/mol. The highest BCUT2D eigenvalue weighted by Gasteiger charge is 2.42. The minimum Gasteiger partial charge on any atom is -0.379 e. The molecule has 0 saturated heterocycles. The first-order chi connectivity index (χ1) is 42.0. The van der Waals surface area contributed by atoms with Gasteiger partial charge in [-0.05, 0) is 63.3 Å². The molecule has 0 radical (unpaired) electrons. The number of carbonyl (C=O) groups excluding carboxylic acids is 5. The molecule has 0 aliphatic carbocycles. The summed E-state index contributed by atoms with van der Waals surface area (Å²) in [5, 5.41) is 8.42. The Hall–Kier alpha value is -8.38. The molecule has 3 heterocycles. The molecular formula is C70H88N9O8+. The van der Waals surface area contributed by atoms with Crippen LogP contribution in [0.4, 0.5) is 17.3 Å². The van der Waals surface area contributed by atoms with Gasteiger partial charge in [-0.15, -0.1) is 0 Å². The van der Waals surface area contributed by atoms with Gasteiger partial charge in [-0.3, -0.25) is 29.3 Å². The van der Waals surface area contributed by atoms with Gasteiger partial charge in [0.05, 0.1) is 56.3 Å². The van der Waals surface area contributed by atoms with E-state index in [1.54, 1.807) is 7.05 Å². The lowest BCUT2D eigenvalue weighted by Crippen LogP contribution is -2.39. The molecule has 17 heteroatoms. The molecule has 460 valence electrons. The van der Waals surface area contributed by atoms with Crippen LogP contribution >= 0.6 is 0 Å². The van der Waals surface area contributed by atoms with Gasteiger partial charge in [-0.1, -0.05) is 148 Å². The Morgan fingerprint density at radius 1 is 0.552 bits per heavy atom. The zero-order valence-corrected chi connectivity index (χ0v) is 51.9. The molecule has 0 fully saturated rings. The fraction of sp³-hybridized carbons (Fsp3) is 0.400. The summed E-state index contributed by atoms with van der Waals surface area (Å²) in [6, 6.07) is 38.3. The van der Waals surface area contributed by atoms with Crippen molar-refractivity contribution in [3.05, 3.63) is 175 Å². The van der Waals surface area contributed by atoms with E-state index < -0.39 is 5.91 Å². The van der Waals surface area contributed by atoms with Crippen molar-refractivity contribution in [3.8, 4) is 22.5 Å². The van der Waals surface area contributed by atoms with Gasteiger partial charge < -0.3 is 39.5 Å². The number of nitrogens with zero attached hydrogens (tertiary/aromatic N) is 6. The molecule has 2 aliphatic rings. The Morgan fingerprint density at radius 3 is 1.67 bits per heavy atom. The highest BCUT2D eigenvalue weighted by atomic mass is 16.5. The Kier molecular flexibility index (Phi) is 25.5. The van der Waals surface area contributed by atoms with Crippen molar-refractivity contribution in [1.82, 2.24) is 30.4 Å². The number of anilines is 2. The number of unbranched alkanes of at least 4 members (excludes halogenated alkanes) is 2. The minimum atomic E-state index is -0.414. The second kappa shape index (κ2) is 33.5. The van der Waals surface area contributed by atoms with Gasteiger partial charge in [0.2, 0.25) is 41.2 Å². The van der Waals surface area contributed by atoms with Crippen LogP contribution in [-0.4, -0.2) is 153 Å². The smallest absolute Gasteiger partial charge is 0.239 e. The van der Waals surface area contributed by atoms with Gasteiger partial charge in [-0.25, -0.2) is 9.97 Å². The van der Waals surface area contributed by atoms with Crippen molar-refractivity contribution in [2.75, 3.05) is 104 Å². The standard InChI is InChI=1S/C70H87N9O8/c1-69(2)55-32-21-23-34-59(55)78(7)61(69)36-18-9-8-10-19-37-62-70(3,4)56-33-22-24-35-60(56)79(62)43-25-13-20-38-66(83)76(5)51-64(81)71-41-26-44-85-46-48-87-49-47-86-45-27-42-72-65(82)52-77(6)67(84)40-39-63(80)75-68-73-57(53-28-14-11-15-29-53)50-58(74-68)54-30-16-12-17-31-54/h8-12,14-19,21-24,28-37,50H,13,20,25-27,38-49,51-52H2,1-7H3,(H2-,71,72,73,74,75,80,81,82)/p+1. The number of benzene rings is 4. The number of allylic oxidation sites excluding steroid dienone is 8. The van der Waals surface area contributed by atoms with E-state index in [1.807, 2.05) is 66.7 Å². The third-order valence-corrected chi connectivity index (χ3v) is 15.6. The maximum atomic E-state index is 13.0. The maximum absolute atomic E-state index is 13.0. The van der Waals surface area contributed by atoms with Crippen LogP contribution in [-0.2, 0) is 49.0 Å². The van der Waals surface area contributed by atoms with Crippen molar-refractivity contribution in [3.63, 3.8) is 0 Å². The number of nitrogens with one attached hydrogen (secondary N) is 3. The van der Waals surface area contributed by atoms with Crippen LogP contribution in [0.25, 0.3) is 22.5 Å². The predicted octanol–water partition coefficient (Wildman–Crippen LogP) is 10.1. The molecule has 7 rings (SSSR count). The van der Waals surface area contributed by atoms with E-state index in [1.165, 1.54) is 50.8 Å². The first-order valence-electron chi connectivity index (χ1n) is 30.4. The summed E-state index contributed by atoms with van der Waals surface area (Å²) in [7, 11) is 5.34. The molecule has 0 unspecified atom stereocenters. The molecular weight excluding hydrogens is 1090 g/mol. The molecule has 3 N–H and O–H groups in total. The highest BCUT2D eigenvalue weighted by Crippen LogP contribution is 2.47. The quantitative estimate of drug-likeness (QED) is 0.0202. The minimum absolute atomic E-state index is 0.00661. The van der Waals surface area contributed by atoms with Gasteiger partial charge >= 0.3 is 0 Å². The molecule has 5 amide bonds. The van der Waals surface area contributed by atoms with Crippen LogP contribution < -0.4 is 20.9 Å². The Bertz CT molecular complexity index is 3210. The lowest BCUT2D eigenvalue weighted by molar-refractivity contribution is -0.401. The van der Waals surface area contributed by atoms with Crippen LogP contribution in [0, 0.1) is 0 Å². The first kappa shape index (κ1) is 66.2. The van der Waals surface area contributed by atoms with E-state index in [9.17, 15) is 24.0 Å². The lowest BCUT2D eigenvalue weighted by Gasteiger charge is -2.27. The summed E-state index contributed by atoms with van der Waals surface area (Å²) in [5.74, 6) is -1.18. The molecule has 87 heavy (non-hydrogen) atoms. The zero-order valence-electron chi connectivity index (χ0n) is 51.9. The molecule has 0 saturated carbocycles. The van der Waals surface area contributed by atoms with Gasteiger partial charge in [0.1, 0.15) is 7.05 Å². The van der Waals surface area contributed by atoms with Crippen LogP contribution in [0.15, 0.2) is 163 Å². The number of rotatable bonds is 34. The maximum Gasteiger partial charge on any atom is 0.239 e. The van der Waals surface area contributed by atoms with Gasteiger partial charge in [-0.2, -0.15) is 4.58 Å². The number of likely N-dealkylation sites (N-methyl/N-ethyl adjacent to an activating group) is 2. The molecule has 17 nitrogen and oxygen atoms in total. The molecule has 0 atom stereocenters. The molecule has 2 aliphatic heterocycles. The van der Waals surface area contributed by atoms with Crippen LogP contribution in [0.2, 0.25) is 0 Å². The van der Waals surface area contributed by atoms with Crippen molar-refractivity contribution >= 4 is 52.6 Å². The van der Waals surface area contributed by atoms with Crippen LogP contribution in [0.5, 0.6) is 0 Å². The van der Waals surface area contributed by atoms with Crippen molar-refractivity contribution < 1.29 is 42.8 Å². The normalized spacial score (nSPS) is 14.5. The molecule has 5 aromatic rings. The number of para-hydroxylation sites is 2. The third kappa shape index (κ3) is 19.6. The summed E-state index contributed by atoms with van der Waals surface area (Å²) >= 11 is 0. The molecule has 0 spiro atoms. The van der Waals surface area contributed by atoms with E-state index in [4.69, 9.17) is 14.2 Å². The van der Waals surface area contributed by atoms with Gasteiger partial charge in [0.15, 0.2) is 5.71 Å². The fourth-order valence-corrected chi connectivity index (χ4v) is 10.8. The number of hydrogen-bond donors (Lipinski definition) is 3.